The Bertz CT molecular complexity index is 326. The SMILES string of the molecule is C=CCc1cc(C(C)(C)C)ccc1C. The van der Waals surface area contributed by atoms with Crippen LogP contribution in [0.25, 0.3) is 0 Å². The van der Waals surface area contributed by atoms with Gasteiger partial charge in [0.2, 0.25) is 0 Å². The minimum absolute atomic E-state index is 0.240. The predicted molar refractivity (Wildman–Crippen MR) is 63.8 cm³/mol. The lowest BCUT2D eigenvalue weighted by molar-refractivity contribution is 0.589. The normalized spacial score (nSPS) is 11.4. The van der Waals surface area contributed by atoms with Crippen LogP contribution in [0.5, 0.6) is 0 Å². The van der Waals surface area contributed by atoms with Crippen molar-refractivity contribution in [2.24, 2.45) is 0 Å². The summed E-state index contributed by atoms with van der Waals surface area (Å²) in [6, 6.07) is 6.73. The number of allylic oxidation sites excluding steroid dienone is 1. The average molecular weight is 188 g/mol. The van der Waals surface area contributed by atoms with Gasteiger partial charge in [0.25, 0.3) is 0 Å². The Hall–Kier alpha value is -1.04. The molecule has 0 nitrogen and oxygen atoms in total. The van der Waals surface area contributed by atoms with E-state index in [4.69, 9.17) is 0 Å². The van der Waals surface area contributed by atoms with E-state index in [0.29, 0.717) is 0 Å². The Labute approximate surface area is 87.7 Å². The summed E-state index contributed by atoms with van der Waals surface area (Å²) in [6.07, 6.45) is 2.94. The first-order valence-electron chi connectivity index (χ1n) is 5.16. The van der Waals surface area contributed by atoms with Crippen molar-refractivity contribution in [2.75, 3.05) is 0 Å². The zero-order chi connectivity index (χ0) is 10.8. The van der Waals surface area contributed by atoms with Crippen LogP contribution in [0.4, 0.5) is 0 Å². The second-order valence-corrected chi connectivity index (χ2v) is 4.88. The summed E-state index contributed by atoms with van der Waals surface area (Å²) in [4.78, 5) is 0. The van der Waals surface area contributed by atoms with Crippen LogP contribution in [0.3, 0.4) is 0 Å². The quantitative estimate of drug-likeness (QED) is 0.615. The maximum Gasteiger partial charge on any atom is -0.00974 e. The molecule has 0 aliphatic carbocycles. The topological polar surface area (TPSA) is 0 Å². The summed E-state index contributed by atoms with van der Waals surface area (Å²) < 4.78 is 0. The Balaban J connectivity index is 3.12. The lowest BCUT2D eigenvalue weighted by atomic mass is 9.85. The molecule has 0 aliphatic heterocycles. The van der Waals surface area contributed by atoms with E-state index in [1.807, 2.05) is 6.08 Å². The predicted octanol–water partition coefficient (Wildman–Crippen LogP) is 4.02. The summed E-state index contributed by atoms with van der Waals surface area (Å²) in [6.45, 7) is 12.7. The third-order valence-electron chi connectivity index (χ3n) is 2.58. The van der Waals surface area contributed by atoms with Gasteiger partial charge in [-0.2, -0.15) is 0 Å². The number of hydrogen-bond acceptors (Lipinski definition) is 0. The minimum atomic E-state index is 0.240. The van der Waals surface area contributed by atoms with Crippen molar-refractivity contribution in [3.8, 4) is 0 Å². The maximum absolute atomic E-state index is 3.79. The van der Waals surface area contributed by atoms with Crippen LogP contribution < -0.4 is 0 Å². The van der Waals surface area contributed by atoms with Crippen molar-refractivity contribution in [2.45, 2.75) is 39.5 Å². The Morgan fingerprint density at radius 2 is 1.93 bits per heavy atom. The first-order chi connectivity index (χ1) is 6.45. The van der Waals surface area contributed by atoms with E-state index in [0.717, 1.165) is 6.42 Å². The average Bonchev–Trinajstić information content (AvgIpc) is 2.07. The number of hydrogen-bond donors (Lipinski definition) is 0. The summed E-state index contributed by atoms with van der Waals surface area (Å²) >= 11 is 0. The molecule has 0 heteroatoms. The molecule has 0 atom stereocenters. The van der Waals surface area contributed by atoms with E-state index in [1.165, 1.54) is 16.7 Å². The lowest BCUT2D eigenvalue weighted by Crippen LogP contribution is -2.11. The van der Waals surface area contributed by atoms with Crippen molar-refractivity contribution >= 4 is 0 Å². The van der Waals surface area contributed by atoms with Gasteiger partial charge in [-0.25, -0.2) is 0 Å². The molecule has 1 rings (SSSR count). The van der Waals surface area contributed by atoms with Gasteiger partial charge in [0.1, 0.15) is 0 Å². The van der Waals surface area contributed by atoms with Crippen molar-refractivity contribution in [1.29, 1.82) is 0 Å². The third-order valence-corrected chi connectivity index (χ3v) is 2.58. The van der Waals surface area contributed by atoms with Crippen molar-refractivity contribution in [3.63, 3.8) is 0 Å². The molecule has 0 heterocycles. The van der Waals surface area contributed by atoms with Crippen LogP contribution >= 0.6 is 0 Å². The Morgan fingerprint density at radius 1 is 1.29 bits per heavy atom. The molecule has 0 bridgehead atoms. The van der Waals surface area contributed by atoms with E-state index in [-0.39, 0.29) is 5.41 Å². The summed E-state index contributed by atoms with van der Waals surface area (Å²) in [5.41, 5.74) is 4.40. The highest BCUT2D eigenvalue weighted by molar-refractivity contribution is 5.35. The van der Waals surface area contributed by atoms with Gasteiger partial charge in [0, 0.05) is 0 Å². The van der Waals surface area contributed by atoms with E-state index >= 15 is 0 Å². The molecule has 0 saturated carbocycles. The fourth-order valence-electron chi connectivity index (χ4n) is 1.51. The second-order valence-electron chi connectivity index (χ2n) is 4.88. The van der Waals surface area contributed by atoms with Crippen LogP contribution in [0.1, 0.15) is 37.5 Å². The monoisotopic (exact) mass is 188 g/mol. The lowest BCUT2D eigenvalue weighted by Gasteiger charge is -2.20. The molecular weight excluding hydrogens is 168 g/mol. The number of rotatable bonds is 2. The van der Waals surface area contributed by atoms with E-state index < -0.39 is 0 Å². The molecule has 0 radical (unpaired) electrons. The Kier molecular flexibility index (Phi) is 3.15. The highest BCUT2D eigenvalue weighted by Crippen LogP contribution is 2.24. The fourth-order valence-corrected chi connectivity index (χ4v) is 1.51. The molecule has 0 spiro atoms. The molecule has 0 saturated heterocycles. The third kappa shape index (κ3) is 2.47. The van der Waals surface area contributed by atoms with Crippen molar-refractivity contribution < 1.29 is 0 Å². The van der Waals surface area contributed by atoms with E-state index in [2.05, 4.69) is 52.5 Å². The van der Waals surface area contributed by atoms with Gasteiger partial charge in [-0.1, -0.05) is 45.0 Å². The van der Waals surface area contributed by atoms with E-state index in [9.17, 15) is 0 Å². The zero-order valence-electron chi connectivity index (χ0n) is 9.72. The molecule has 76 valence electrons. The first-order valence-corrected chi connectivity index (χ1v) is 5.16. The standard InChI is InChI=1S/C14H20/c1-6-7-12-10-13(14(3,4)5)9-8-11(12)2/h6,8-10H,1,7H2,2-5H3. The van der Waals surface area contributed by atoms with Gasteiger partial charge in [0.05, 0.1) is 0 Å². The van der Waals surface area contributed by atoms with Crippen LogP contribution in [0, 0.1) is 6.92 Å². The van der Waals surface area contributed by atoms with Gasteiger partial charge in [0.15, 0.2) is 0 Å². The van der Waals surface area contributed by atoms with Crippen LogP contribution in [-0.2, 0) is 11.8 Å². The largest absolute Gasteiger partial charge is 0.103 e. The van der Waals surface area contributed by atoms with Gasteiger partial charge >= 0.3 is 0 Å². The van der Waals surface area contributed by atoms with Gasteiger partial charge in [-0.3, -0.25) is 0 Å². The molecule has 0 amide bonds. The molecule has 0 fully saturated rings. The molecule has 1 aromatic carbocycles. The molecule has 0 aromatic heterocycles. The second kappa shape index (κ2) is 4.00. The molecule has 1 aromatic rings. The van der Waals surface area contributed by atoms with Gasteiger partial charge in [-0.15, -0.1) is 6.58 Å². The van der Waals surface area contributed by atoms with Crippen molar-refractivity contribution in [1.82, 2.24) is 0 Å². The van der Waals surface area contributed by atoms with Gasteiger partial charge in [-0.05, 0) is 35.4 Å². The molecule has 0 unspecified atom stereocenters. The van der Waals surface area contributed by atoms with Crippen LogP contribution in [0.15, 0.2) is 30.9 Å². The maximum atomic E-state index is 3.79. The van der Waals surface area contributed by atoms with Crippen LogP contribution in [-0.4, -0.2) is 0 Å². The molecular formula is C14H20. The van der Waals surface area contributed by atoms with E-state index in [1.54, 1.807) is 0 Å². The van der Waals surface area contributed by atoms with Crippen LogP contribution in [0.2, 0.25) is 0 Å². The summed E-state index contributed by atoms with van der Waals surface area (Å²) in [5.74, 6) is 0. The summed E-state index contributed by atoms with van der Waals surface area (Å²) in [5, 5.41) is 0. The molecule has 0 aliphatic rings. The first kappa shape index (κ1) is 11.0. The summed E-state index contributed by atoms with van der Waals surface area (Å²) in [7, 11) is 0. The molecule has 0 N–H and O–H groups in total. The zero-order valence-corrected chi connectivity index (χ0v) is 9.72. The Morgan fingerprint density at radius 3 is 2.43 bits per heavy atom. The highest BCUT2D eigenvalue weighted by Gasteiger charge is 2.13. The highest BCUT2D eigenvalue weighted by atomic mass is 14.2. The number of benzene rings is 1. The fraction of sp³-hybridized carbons (Fsp3) is 0.429. The van der Waals surface area contributed by atoms with Gasteiger partial charge < -0.3 is 0 Å². The minimum Gasteiger partial charge on any atom is -0.103 e. The molecule has 14 heavy (non-hydrogen) atoms. The number of aryl methyl sites for hydroxylation is 1. The van der Waals surface area contributed by atoms with Crippen molar-refractivity contribution in [3.05, 3.63) is 47.5 Å². The smallest absolute Gasteiger partial charge is 0.00974 e.